The van der Waals surface area contributed by atoms with Gasteiger partial charge in [0.15, 0.2) is 0 Å². The van der Waals surface area contributed by atoms with Gasteiger partial charge in [0.1, 0.15) is 17.1 Å². The van der Waals surface area contributed by atoms with Crippen molar-refractivity contribution in [1.82, 2.24) is 24.7 Å². The van der Waals surface area contributed by atoms with Gasteiger partial charge in [-0.05, 0) is 79.4 Å². The number of hydrogen-bond donors (Lipinski definition) is 1. The molecule has 1 amide bonds. The van der Waals surface area contributed by atoms with Crippen LogP contribution in [0.3, 0.4) is 0 Å². The molecule has 10 heteroatoms. The van der Waals surface area contributed by atoms with Crippen LogP contribution in [0.1, 0.15) is 53.4 Å². The Hall–Kier alpha value is -3.89. The number of rotatable bonds is 7. The van der Waals surface area contributed by atoms with E-state index in [9.17, 15) is 18.0 Å². The van der Waals surface area contributed by atoms with Crippen LogP contribution < -0.4 is 4.74 Å². The third-order valence-electron chi connectivity index (χ3n) is 8.97. The summed E-state index contributed by atoms with van der Waals surface area (Å²) in [7, 11) is 0. The fourth-order valence-corrected chi connectivity index (χ4v) is 6.46. The van der Waals surface area contributed by atoms with E-state index in [4.69, 9.17) is 4.74 Å². The van der Waals surface area contributed by atoms with Crippen LogP contribution in [0.2, 0.25) is 0 Å². The molecular weight excluding hydrogens is 567 g/mol. The van der Waals surface area contributed by atoms with Gasteiger partial charge in [-0.25, -0.2) is 4.98 Å². The Morgan fingerprint density at radius 3 is 2.55 bits per heavy atom. The average molecular weight is 606 g/mol. The van der Waals surface area contributed by atoms with Gasteiger partial charge >= 0.3 is 6.18 Å². The summed E-state index contributed by atoms with van der Waals surface area (Å²) in [4.78, 5) is 27.2. The molecular formula is C34H38F3N5O2. The van der Waals surface area contributed by atoms with E-state index in [2.05, 4.69) is 26.7 Å². The maximum atomic E-state index is 14.2. The molecule has 2 aliphatic heterocycles. The van der Waals surface area contributed by atoms with Gasteiger partial charge in [-0.1, -0.05) is 25.1 Å². The monoisotopic (exact) mass is 605 g/mol. The molecule has 0 spiro atoms. The zero-order chi connectivity index (χ0) is 31.0. The topological polar surface area (TPSA) is 64.7 Å². The second-order valence-electron chi connectivity index (χ2n) is 11.9. The van der Waals surface area contributed by atoms with Gasteiger partial charge in [0, 0.05) is 51.2 Å². The summed E-state index contributed by atoms with van der Waals surface area (Å²) in [6.07, 6.45) is -2.22. The molecule has 1 fully saturated rings. The lowest BCUT2D eigenvalue weighted by atomic mass is 9.92. The highest BCUT2D eigenvalue weighted by Gasteiger charge is 2.35. The van der Waals surface area contributed by atoms with Gasteiger partial charge in [-0.3, -0.25) is 9.69 Å². The van der Waals surface area contributed by atoms with Crippen molar-refractivity contribution in [3.05, 3.63) is 88.2 Å². The zero-order valence-electron chi connectivity index (χ0n) is 25.4. The maximum absolute atomic E-state index is 14.2. The lowest BCUT2D eigenvalue weighted by Crippen LogP contribution is -2.45. The van der Waals surface area contributed by atoms with Crippen molar-refractivity contribution in [2.45, 2.75) is 52.4 Å². The first kappa shape index (κ1) is 30.1. The third-order valence-corrected chi connectivity index (χ3v) is 8.97. The lowest BCUT2D eigenvalue weighted by molar-refractivity contribution is -0.139. The van der Waals surface area contributed by atoms with Crippen molar-refractivity contribution >= 4 is 16.9 Å². The van der Waals surface area contributed by atoms with Crippen LogP contribution >= 0.6 is 0 Å². The number of ether oxygens (including phenoxy) is 1. The first-order valence-corrected chi connectivity index (χ1v) is 15.3. The summed E-state index contributed by atoms with van der Waals surface area (Å²) in [6.45, 7) is 10.9. The average Bonchev–Trinajstić information content (AvgIpc) is 3.39. The second-order valence-corrected chi connectivity index (χ2v) is 11.9. The number of benzene rings is 2. The summed E-state index contributed by atoms with van der Waals surface area (Å²) < 4.78 is 48.7. The van der Waals surface area contributed by atoms with Crippen LogP contribution in [0.5, 0.6) is 11.5 Å². The van der Waals surface area contributed by atoms with E-state index in [-0.39, 0.29) is 30.5 Å². The van der Waals surface area contributed by atoms with Gasteiger partial charge in [-0.15, -0.1) is 0 Å². The van der Waals surface area contributed by atoms with Crippen molar-refractivity contribution in [3.63, 3.8) is 0 Å². The van der Waals surface area contributed by atoms with Crippen LogP contribution in [-0.2, 0) is 30.4 Å². The van der Waals surface area contributed by atoms with Crippen molar-refractivity contribution in [3.8, 4) is 11.5 Å². The molecule has 0 unspecified atom stereocenters. The van der Waals surface area contributed by atoms with E-state index in [1.165, 1.54) is 6.07 Å². The number of aryl methyl sites for hydroxylation is 1. The zero-order valence-corrected chi connectivity index (χ0v) is 25.4. The predicted molar refractivity (Wildman–Crippen MR) is 164 cm³/mol. The number of pyridine rings is 1. The fourth-order valence-electron chi connectivity index (χ4n) is 6.46. The smallest absolute Gasteiger partial charge is 0.416 e. The number of nitrogens with zero attached hydrogens (tertiary/aromatic N) is 4. The molecule has 4 heterocycles. The molecule has 1 N–H and O–H groups in total. The van der Waals surface area contributed by atoms with Crippen LogP contribution in [0.4, 0.5) is 13.2 Å². The normalized spacial score (nSPS) is 18.0. The number of halogens is 3. The molecule has 2 aromatic carbocycles. The molecule has 0 radical (unpaired) electrons. The number of aromatic amines is 1. The van der Waals surface area contributed by atoms with Crippen LogP contribution in [0.25, 0.3) is 11.0 Å². The Balaban J connectivity index is 1.17. The Labute approximate surface area is 255 Å². The Morgan fingerprint density at radius 2 is 1.80 bits per heavy atom. The third kappa shape index (κ3) is 6.32. The van der Waals surface area contributed by atoms with E-state index < -0.39 is 11.7 Å². The molecule has 7 nitrogen and oxygen atoms in total. The van der Waals surface area contributed by atoms with Crippen molar-refractivity contribution in [2.75, 3.05) is 39.3 Å². The number of nitrogens with one attached hydrogen (secondary N) is 1. The molecule has 232 valence electrons. The van der Waals surface area contributed by atoms with E-state index in [1.54, 1.807) is 23.2 Å². The SMILES string of the molecule is CCN1CCN(Cc2ccc(CC(=O)N3CCc4ccc(Oc5ccnc6[nH]c(C)cc56)cc4[C@@H]3C)cc2C(F)(F)F)CC1. The molecule has 2 aliphatic rings. The number of piperazine rings is 1. The highest BCUT2D eigenvalue weighted by atomic mass is 19.4. The minimum absolute atomic E-state index is 0.0871. The number of fused-ring (bicyclic) bond motifs is 2. The van der Waals surface area contributed by atoms with E-state index in [1.807, 2.05) is 44.2 Å². The maximum Gasteiger partial charge on any atom is 0.416 e. The standard InChI is InChI=1S/C34H38F3N5O2/c1-4-40-13-15-41(16-14-40)21-26-6-5-24(18-30(26)34(35,36)37)19-32(43)42-12-10-25-7-8-27(20-28(25)23(42)3)44-31-9-11-38-33-29(31)17-22(2)39-33/h5-9,11,17-18,20,23H,4,10,12-16,19,21H2,1-3H3,(H,38,39)/t23-/m0/s1. The first-order chi connectivity index (χ1) is 21.1. The number of carbonyl (C=O) groups is 1. The lowest BCUT2D eigenvalue weighted by Gasteiger charge is -2.36. The number of hydrogen-bond acceptors (Lipinski definition) is 5. The number of aromatic nitrogens is 2. The van der Waals surface area contributed by atoms with Gasteiger partial charge in [0.2, 0.25) is 5.91 Å². The van der Waals surface area contributed by atoms with E-state index in [0.29, 0.717) is 30.0 Å². The molecule has 0 aliphatic carbocycles. The van der Waals surface area contributed by atoms with Crippen LogP contribution in [-0.4, -0.2) is 69.8 Å². The molecule has 2 aromatic heterocycles. The van der Waals surface area contributed by atoms with Crippen molar-refractivity contribution < 1.29 is 22.7 Å². The highest BCUT2D eigenvalue weighted by Crippen LogP contribution is 2.37. The Morgan fingerprint density at radius 1 is 1.02 bits per heavy atom. The molecule has 0 saturated carbocycles. The quantitative estimate of drug-likeness (QED) is 0.260. The summed E-state index contributed by atoms with van der Waals surface area (Å²) in [6, 6.07) is 13.9. The first-order valence-electron chi connectivity index (χ1n) is 15.3. The molecule has 44 heavy (non-hydrogen) atoms. The Bertz CT molecular complexity index is 1660. The van der Waals surface area contributed by atoms with Gasteiger partial charge in [-0.2, -0.15) is 13.2 Å². The number of alkyl halides is 3. The number of carbonyl (C=O) groups excluding carboxylic acids is 1. The number of likely N-dealkylation sites (N-methyl/N-ethyl adjacent to an activating group) is 1. The molecule has 1 atom stereocenters. The summed E-state index contributed by atoms with van der Waals surface area (Å²) >= 11 is 0. The largest absolute Gasteiger partial charge is 0.457 e. The van der Waals surface area contributed by atoms with Gasteiger partial charge in [0.25, 0.3) is 0 Å². The van der Waals surface area contributed by atoms with E-state index >= 15 is 0 Å². The minimum Gasteiger partial charge on any atom is -0.457 e. The summed E-state index contributed by atoms with van der Waals surface area (Å²) in [5.41, 5.74) is 3.83. The van der Waals surface area contributed by atoms with Crippen molar-refractivity contribution in [1.29, 1.82) is 0 Å². The van der Waals surface area contributed by atoms with Crippen molar-refractivity contribution in [2.24, 2.45) is 0 Å². The summed E-state index contributed by atoms with van der Waals surface area (Å²) in [5.74, 6) is 1.14. The molecule has 1 saturated heterocycles. The Kier molecular flexibility index (Phi) is 8.39. The van der Waals surface area contributed by atoms with Crippen LogP contribution in [0, 0.1) is 6.92 Å². The fraction of sp³-hybridized carbons (Fsp3) is 0.412. The number of H-pyrrole nitrogens is 1. The predicted octanol–water partition coefficient (Wildman–Crippen LogP) is 6.51. The van der Waals surface area contributed by atoms with Gasteiger partial charge in [0.05, 0.1) is 23.4 Å². The number of amides is 1. The second kappa shape index (κ2) is 12.2. The van der Waals surface area contributed by atoms with Crippen LogP contribution in [0.15, 0.2) is 54.7 Å². The van der Waals surface area contributed by atoms with Gasteiger partial charge < -0.3 is 19.5 Å². The molecule has 0 bridgehead atoms. The molecule has 4 aromatic rings. The highest BCUT2D eigenvalue weighted by molar-refractivity contribution is 5.83. The molecule has 6 rings (SSSR count). The van der Waals surface area contributed by atoms with E-state index in [0.717, 1.165) is 60.6 Å². The summed E-state index contributed by atoms with van der Waals surface area (Å²) in [5, 5.41) is 0.885. The minimum atomic E-state index is -4.49.